The van der Waals surface area contributed by atoms with E-state index in [9.17, 15) is 22.8 Å². The molecule has 2 saturated heterocycles. The minimum absolute atomic E-state index is 0.275. The van der Waals surface area contributed by atoms with E-state index in [0.29, 0.717) is 18.9 Å². The van der Waals surface area contributed by atoms with Crippen LogP contribution in [0, 0.1) is 11.8 Å². The first-order valence-electron chi connectivity index (χ1n) is 8.62. The number of halogens is 3. The molecule has 148 valence electrons. The maximum Gasteiger partial charge on any atom is 0.394 e. The highest BCUT2D eigenvalue weighted by Gasteiger charge is 2.53. The Hall–Kier alpha value is -2.59. The van der Waals surface area contributed by atoms with E-state index >= 15 is 0 Å². The summed E-state index contributed by atoms with van der Waals surface area (Å²) in [6.45, 7) is 0.0556. The number of aromatic nitrogens is 2. The molecule has 8 nitrogen and oxygen atoms in total. The predicted molar refractivity (Wildman–Crippen MR) is 88.0 cm³/mol. The van der Waals surface area contributed by atoms with Crippen LogP contribution in [0.5, 0.6) is 0 Å². The van der Waals surface area contributed by atoms with Gasteiger partial charge in [0.2, 0.25) is 5.95 Å². The second kappa shape index (κ2) is 7.57. The first-order chi connectivity index (χ1) is 12.8. The number of rotatable bonds is 3. The van der Waals surface area contributed by atoms with Gasteiger partial charge in [0.15, 0.2) is 0 Å². The fourth-order valence-corrected chi connectivity index (χ4v) is 3.55. The fraction of sp³-hybridized carbons (Fsp3) is 0.625. The number of hydrogen-bond donors (Lipinski definition) is 2. The van der Waals surface area contributed by atoms with Gasteiger partial charge in [-0.2, -0.15) is 13.2 Å². The normalized spacial score (nSPS) is 26.1. The fourth-order valence-electron chi connectivity index (χ4n) is 3.55. The number of hydrogen-bond acceptors (Lipinski definition) is 5. The first-order valence-corrected chi connectivity index (χ1v) is 8.62. The van der Waals surface area contributed by atoms with Crippen LogP contribution in [0.15, 0.2) is 18.5 Å². The summed E-state index contributed by atoms with van der Waals surface area (Å²) in [5.74, 6) is -4.71. The highest BCUT2D eigenvalue weighted by atomic mass is 19.4. The van der Waals surface area contributed by atoms with Crippen LogP contribution in [0.4, 0.5) is 23.9 Å². The van der Waals surface area contributed by atoms with Gasteiger partial charge >= 0.3 is 18.2 Å². The highest BCUT2D eigenvalue weighted by Crippen LogP contribution is 2.37. The van der Waals surface area contributed by atoms with Crippen LogP contribution in [0.3, 0.4) is 0 Å². The number of aliphatic carboxylic acids is 1. The lowest BCUT2D eigenvalue weighted by molar-refractivity contribution is -0.187. The van der Waals surface area contributed by atoms with Crippen LogP contribution in [-0.2, 0) is 4.79 Å². The van der Waals surface area contributed by atoms with E-state index in [1.165, 1.54) is 0 Å². The number of carbonyl (C=O) groups excluding carboxylic acids is 1. The maximum atomic E-state index is 13.1. The number of carbonyl (C=O) groups is 2. The molecule has 2 aliphatic heterocycles. The smallest absolute Gasteiger partial charge is 0.394 e. The van der Waals surface area contributed by atoms with E-state index in [1.807, 2.05) is 4.90 Å². The number of carboxylic acids is 1. The Kier molecular flexibility index (Phi) is 5.38. The monoisotopic (exact) mass is 387 g/mol. The van der Waals surface area contributed by atoms with E-state index in [1.54, 1.807) is 18.5 Å². The Morgan fingerprint density at radius 3 is 2.48 bits per heavy atom. The average Bonchev–Trinajstić information content (AvgIpc) is 3.09. The lowest BCUT2D eigenvalue weighted by Crippen LogP contribution is -2.51. The van der Waals surface area contributed by atoms with Crippen LogP contribution < -0.4 is 10.2 Å². The molecular formula is C16H20F3N5O3. The Morgan fingerprint density at radius 2 is 1.89 bits per heavy atom. The first kappa shape index (κ1) is 19.2. The zero-order chi connectivity index (χ0) is 19.6. The van der Waals surface area contributed by atoms with Gasteiger partial charge in [0, 0.05) is 44.6 Å². The Balaban J connectivity index is 1.61. The van der Waals surface area contributed by atoms with Gasteiger partial charge < -0.3 is 20.2 Å². The summed E-state index contributed by atoms with van der Waals surface area (Å²) in [5, 5.41) is 11.8. The van der Waals surface area contributed by atoms with Crippen molar-refractivity contribution in [3.05, 3.63) is 18.5 Å². The van der Waals surface area contributed by atoms with Gasteiger partial charge in [0.05, 0.1) is 11.8 Å². The van der Waals surface area contributed by atoms with Crippen molar-refractivity contribution in [3.63, 3.8) is 0 Å². The number of piperidine rings is 1. The van der Waals surface area contributed by atoms with Crippen LogP contribution in [0.25, 0.3) is 0 Å². The standard InChI is InChI=1S/C16H20F3N5O3/c17-16(18,19)12-9-24(8-11(12)13(25)26)15(27)22-10-3-1-6-23(7-10)14-20-4-2-5-21-14/h2,4-5,10-12H,1,3,6-9H2,(H,22,27)(H,25,26)/t10?,11-,12-/m1/s1. The molecule has 2 aliphatic rings. The summed E-state index contributed by atoms with van der Waals surface area (Å²) >= 11 is 0. The van der Waals surface area contributed by atoms with Crippen molar-refractivity contribution >= 4 is 17.9 Å². The van der Waals surface area contributed by atoms with Gasteiger partial charge in [-0.15, -0.1) is 0 Å². The van der Waals surface area contributed by atoms with Crippen LogP contribution in [0.1, 0.15) is 12.8 Å². The number of urea groups is 1. The number of nitrogens with zero attached hydrogens (tertiary/aromatic N) is 4. The molecule has 0 spiro atoms. The van der Waals surface area contributed by atoms with Crippen molar-refractivity contribution in [2.24, 2.45) is 11.8 Å². The summed E-state index contributed by atoms with van der Waals surface area (Å²) in [7, 11) is 0. The Morgan fingerprint density at radius 1 is 1.19 bits per heavy atom. The number of likely N-dealkylation sites (tertiary alicyclic amines) is 1. The van der Waals surface area contributed by atoms with E-state index in [4.69, 9.17) is 5.11 Å². The lowest BCUT2D eigenvalue weighted by Gasteiger charge is -2.34. The number of anilines is 1. The van der Waals surface area contributed by atoms with E-state index in [2.05, 4.69) is 15.3 Å². The second-order valence-corrected chi connectivity index (χ2v) is 6.78. The second-order valence-electron chi connectivity index (χ2n) is 6.78. The summed E-state index contributed by atoms with van der Waals surface area (Å²) in [6, 6.07) is 0.743. The van der Waals surface area contributed by atoms with Crippen LogP contribution >= 0.6 is 0 Å². The molecule has 0 saturated carbocycles. The van der Waals surface area contributed by atoms with Crippen molar-refractivity contribution in [1.29, 1.82) is 0 Å². The van der Waals surface area contributed by atoms with Gasteiger partial charge in [-0.3, -0.25) is 4.79 Å². The molecule has 0 aliphatic carbocycles. The molecule has 0 radical (unpaired) electrons. The van der Waals surface area contributed by atoms with Crippen molar-refractivity contribution in [2.45, 2.75) is 25.1 Å². The molecule has 2 fully saturated rings. The summed E-state index contributed by atoms with van der Waals surface area (Å²) in [4.78, 5) is 34.7. The quantitative estimate of drug-likeness (QED) is 0.813. The molecule has 2 amide bonds. The van der Waals surface area contributed by atoms with E-state index in [0.717, 1.165) is 17.9 Å². The van der Waals surface area contributed by atoms with E-state index in [-0.39, 0.29) is 6.04 Å². The van der Waals surface area contributed by atoms with Gasteiger partial charge in [0.25, 0.3) is 0 Å². The lowest BCUT2D eigenvalue weighted by atomic mass is 9.96. The number of alkyl halides is 3. The largest absolute Gasteiger partial charge is 0.481 e. The van der Waals surface area contributed by atoms with Crippen molar-refractivity contribution < 1.29 is 27.9 Å². The molecule has 27 heavy (non-hydrogen) atoms. The molecular weight excluding hydrogens is 367 g/mol. The number of nitrogens with one attached hydrogen (secondary N) is 1. The van der Waals surface area contributed by atoms with Crippen LogP contribution in [0.2, 0.25) is 0 Å². The molecule has 0 bridgehead atoms. The summed E-state index contributed by atoms with van der Waals surface area (Å²) < 4.78 is 39.2. The minimum Gasteiger partial charge on any atom is -0.481 e. The third-order valence-corrected chi connectivity index (χ3v) is 4.93. The Bertz CT molecular complexity index is 688. The molecule has 3 atom stereocenters. The topological polar surface area (TPSA) is 98.7 Å². The summed E-state index contributed by atoms with van der Waals surface area (Å²) in [5.41, 5.74) is 0. The van der Waals surface area contributed by atoms with Crippen LogP contribution in [-0.4, -0.2) is 70.4 Å². The zero-order valence-electron chi connectivity index (χ0n) is 14.4. The number of carboxylic acid groups (broad SMARTS) is 1. The highest BCUT2D eigenvalue weighted by molar-refractivity contribution is 5.78. The van der Waals surface area contributed by atoms with Gasteiger partial charge in [0.1, 0.15) is 0 Å². The molecule has 3 rings (SSSR count). The van der Waals surface area contributed by atoms with Gasteiger partial charge in [-0.1, -0.05) is 0 Å². The molecule has 2 N–H and O–H groups in total. The molecule has 11 heteroatoms. The minimum atomic E-state index is -4.66. The molecule has 1 unspecified atom stereocenters. The van der Waals surface area contributed by atoms with Crippen molar-refractivity contribution in [2.75, 3.05) is 31.1 Å². The third-order valence-electron chi connectivity index (χ3n) is 4.93. The van der Waals surface area contributed by atoms with Gasteiger partial charge in [-0.25, -0.2) is 14.8 Å². The Labute approximate surface area is 153 Å². The molecule has 1 aromatic heterocycles. The maximum absolute atomic E-state index is 13.1. The van der Waals surface area contributed by atoms with E-state index < -0.39 is 43.1 Å². The average molecular weight is 387 g/mol. The zero-order valence-corrected chi connectivity index (χ0v) is 14.4. The summed E-state index contributed by atoms with van der Waals surface area (Å²) in [6.07, 6.45) is 0.000622. The molecule has 1 aromatic rings. The SMILES string of the molecule is O=C(O)[C@@H]1CN(C(=O)NC2CCCN(c3ncccn3)C2)C[C@H]1C(F)(F)F. The van der Waals surface area contributed by atoms with Crippen molar-refractivity contribution in [1.82, 2.24) is 20.2 Å². The molecule has 0 aromatic carbocycles. The van der Waals surface area contributed by atoms with Gasteiger partial charge in [-0.05, 0) is 18.9 Å². The predicted octanol–water partition coefficient (Wildman–Crippen LogP) is 1.35. The van der Waals surface area contributed by atoms with Crippen molar-refractivity contribution in [3.8, 4) is 0 Å². The third kappa shape index (κ3) is 4.40. The number of amides is 2. The molecule has 3 heterocycles.